The Morgan fingerprint density at radius 2 is 2.33 bits per heavy atom. The summed E-state index contributed by atoms with van der Waals surface area (Å²) >= 11 is 3.38. The van der Waals surface area contributed by atoms with Gasteiger partial charge in [-0.25, -0.2) is 4.98 Å². The Morgan fingerprint density at radius 3 is 3.05 bits per heavy atom. The van der Waals surface area contributed by atoms with Crippen molar-refractivity contribution in [3.63, 3.8) is 0 Å². The molecule has 21 heavy (non-hydrogen) atoms. The summed E-state index contributed by atoms with van der Waals surface area (Å²) in [4.78, 5) is 16.8. The highest BCUT2D eigenvalue weighted by atomic mass is 79.9. The van der Waals surface area contributed by atoms with Crippen molar-refractivity contribution in [3.05, 3.63) is 22.3 Å². The SMILES string of the molecule is CCCNc1ncc(Br)cc1C(=O)NC1CCCC1OC. The number of carbonyl (C=O) groups excluding carboxylic acids is 1. The fourth-order valence-electron chi connectivity index (χ4n) is 2.62. The zero-order valence-corrected chi connectivity index (χ0v) is 14.1. The highest BCUT2D eigenvalue weighted by molar-refractivity contribution is 9.10. The topological polar surface area (TPSA) is 63.2 Å². The molecule has 116 valence electrons. The molecule has 1 aromatic rings. The number of pyridine rings is 1. The van der Waals surface area contributed by atoms with Gasteiger partial charge in [-0.2, -0.15) is 0 Å². The standard InChI is InChI=1S/C15H22BrN3O2/c1-3-7-17-14-11(8-10(16)9-18-14)15(20)19-12-5-4-6-13(12)21-2/h8-9,12-13H,3-7H2,1-2H3,(H,17,18)(H,19,20). The van der Waals surface area contributed by atoms with Crippen molar-refractivity contribution in [2.45, 2.75) is 44.8 Å². The maximum Gasteiger partial charge on any atom is 0.255 e. The number of methoxy groups -OCH3 is 1. The predicted molar refractivity (Wildman–Crippen MR) is 86.6 cm³/mol. The quantitative estimate of drug-likeness (QED) is 0.823. The van der Waals surface area contributed by atoms with Crippen LogP contribution in [0.2, 0.25) is 0 Å². The van der Waals surface area contributed by atoms with Gasteiger partial charge in [0.1, 0.15) is 5.82 Å². The number of aromatic nitrogens is 1. The zero-order chi connectivity index (χ0) is 15.2. The zero-order valence-electron chi connectivity index (χ0n) is 12.5. The Bertz CT molecular complexity index is 496. The minimum absolute atomic E-state index is 0.0838. The van der Waals surface area contributed by atoms with Gasteiger partial charge in [-0.3, -0.25) is 4.79 Å². The Hall–Kier alpha value is -1.14. The van der Waals surface area contributed by atoms with Crippen LogP contribution in [0.1, 0.15) is 43.0 Å². The van der Waals surface area contributed by atoms with E-state index >= 15 is 0 Å². The molecule has 0 spiro atoms. The molecule has 0 aliphatic heterocycles. The van der Waals surface area contributed by atoms with Crippen molar-refractivity contribution in [1.29, 1.82) is 0 Å². The first kappa shape index (κ1) is 16.2. The third-order valence-electron chi connectivity index (χ3n) is 3.71. The third kappa shape index (κ3) is 4.17. The molecule has 2 unspecified atom stereocenters. The molecule has 0 aromatic carbocycles. The van der Waals surface area contributed by atoms with E-state index in [0.717, 1.165) is 36.7 Å². The Balaban J connectivity index is 2.12. The minimum atomic E-state index is -0.101. The van der Waals surface area contributed by atoms with Crippen LogP contribution in [0.15, 0.2) is 16.7 Å². The molecule has 6 heteroatoms. The van der Waals surface area contributed by atoms with E-state index in [1.54, 1.807) is 19.4 Å². The number of rotatable bonds is 6. The van der Waals surface area contributed by atoms with E-state index in [1.807, 2.05) is 0 Å². The summed E-state index contributed by atoms with van der Waals surface area (Å²) in [7, 11) is 1.70. The van der Waals surface area contributed by atoms with E-state index in [0.29, 0.717) is 11.4 Å². The van der Waals surface area contributed by atoms with E-state index in [4.69, 9.17) is 4.74 Å². The van der Waals surface area contributed by atoms with Gasteiger partial charge in [0, 0.05) is 24.3 Å². The molecule has 5 nitrogen and oxygen atoms in total. The van der Waals surface area contributed by atoms with Crippen LogP contribution in [-0.4, -0.2) is 36.7 Å². The highest BCUT2D eigenvalue weighted by Gasteiger charge is 2.29. The van der Waals surface area contributed by atoms with Crippen molar-refractivity contribution in [2.24, 2.45) is 0 Å². The maximum atomic E-state index is 12.5. The van der Waals surface area contributed by atoms with Gasteiger partial charge in [-0.05, 0) is 47.7 Å². The molecule has 1 aliphatic carbocycles. The smallest absolute Gasteiger partial charge is 0.255 e. The van der Waals surface area contributed by atoms with Crippen LogP contribution < -0.4 is 10.6 Å². The molecular weight excluding hydrogens is 334 g/mol. The van der Waals surface area contributed by atoms with Gasteiger partial charge in [-0.1, -0.05) is 6.92 Å². The largest absolute Gasteiger partial charge is 0.379 e. The Morgan fingerprint density at radius 1 is 1.52 bits per heavy atom. The first-order valence-electron chi connectivity index (χ1n) is 7.38. The summed E-state index contributed by atoms with van der Waals surface area (Å²) < 4.78 is 6.22. The summed E-state index contributed by atoms with van der Waals surface area (Å²) in [6, 6.07) is 1.89. The molecule has 1 aliphatic rings. The van der Waals surface area contributed by atoms with Gasteiger partial charge < -0.3 is 15.4 Å². The van der Waals surface area contributed by atoms with Gasteiger partial charge >= 0.3 is 0 Å². The predicted octanol–water partition coefficient (Wildman–Crippen LogP) is 2.96. The summed E-state index contributed by atoms with van der Waals surface area (Å²) in [6.07, 6.45) is 5.83. The second-order valence-corrected chi connectivity index (χ2v) is 6.18. The molecule has 1 heterocycles. The summed E-state index contributed by atoms with van der Waals surface area (Å²) in [5.74, 6) is 0.529. The summed E-state index contributed by atoms with van der Waals surface area (Å²) in [5.41, 5.74) is 0.569. The van der Waals surface area contributed by atoms with E-state index in [1.165, 1.54) is 0 Å². The number of hydrogen-bond acceptors (Lipinski definition) is 4. The molecule has 2 N–H and O–H groups in total. The number of nitrogens with one attached hydrogen (secondary N) is 2. The van der Waals surface area contributed by atoms with E-state index in [2.05, 4.69) is 38.5 Å². The first-order chi connectivity index (χ1) is 10.2. The van der Waals surface area contributed by atoms with Crippen LogP contribution >= 0.6 is 15.9 Å². The van der Waals surface area contributed by atoms with Crippen molar-refractivity contribution >= 4 is 27.7 Å². The lowest BCUT2D eigenvalue weighted by Crippen LogP contribution is -2.41. The van der Waals surface area contributed by atoms with E-state index < -0.39 is 0 Å². The van der Waals surface area contributed by atoms with Crippen molar-refractivity contribution in [2.75, 3.05) is 19.0 Å². The number of ether oxygens (including phenoxy) is 1. The van der Waals surface area contributed by atoms with E-state index in [9.17, 15) is 4.79 Å². The number of hydrogen-bond donors (Lipinski definition) is 2. The highest BCUT2D eigenvalue weighted by Crippen LogP contribution is 2.23. The molecule has 0 radical (unpaired) electrons. The van der Waals surface area contributed by atoms with Crippen LogP contribution in [-0.2, 0) is 4.74 Å². The van der Waals surface area contributed by atoms with Crippen LogP contribution in [0.25, 0.3) is 0 Å². The minimum Gasteiger partial charge on any atom is -0.379 e. The van der Waals surface area contributed by atoms with Gasteiger partial charge in [-0.15, -0.1) is 0 Å². The molecule has 1 saturated carbocycles. The molecule has 0 saturated heterocycles. The molecule has 1 amide bonds. The second kappa shape index (κ2) is 7.75. The molecule has 2 atom stereocenters. The maximum absolute atomic E-state index is 12.5. The summed E-state index contributed by atoms with van der Waals surface area (Å²) in [5, 5.41) is 6.27. The molecule has 2 rings (SSSR count). The average Bonchev–Trinajstić information content (AvgIpc) is 2.93. The number of nitrogens with zero attached hydrogens (tertiary/aromatic N) is 1. The number of anilines is 1. The molecule has 1 fully saturated rings. The average molecular weight is 356 g/mol. The van der Waals surface area contributed by atoms with Crippen LogP contribution in [0.4, 0.5) is 5.82 Å². The van der Waals surface area contributed by atoms with Crippen molar-refractivity contribution < 1.29 is 9.53 Å². The lowest BCUT2D eigenvalue weighted by molar-refractivity contribution is 0.0722. The van der Waals surface area contributed by atoms with Crippen molar-refractivity contribution in [3.8, 4) is 0 Å². The summed E-state index contributed by atoms with van der Waals surface area (Å²) in [6.45, 7) is 2.87. The van der Waals surface area contributed by atoms with Gasteiger partial charge in [0.15, 0.2) is 0 Å². The normalized spacial score (nSPS) is 21.3. The van der Waals surface area contributed by atoms with Crippen LogP contribution in [0.3, 0.4) is 0 Å². The molecule has 0 bridgehead atoms. The number of halogens is 1. The van der Waals surface area contributed by atoms with Crippen LogP contribution in [0, 0.1) is 0 Å². The Labute approximate surface area is 134 Å². The second-order valence-electron chi connectivity index (χ2n) is 5.26. The number of carbonyl (C=O) groups is 1. The fourth-order valence-corrected chi connectivity index (χ4v) is 2.95. The lowest BCUT2D eigenvalue weighted by Gasteiger charge is -2.20. The number of amides is 1. The van der Waals surface area contributed by atoms with E-state index in [-0.39, 0.29) is 18.1 Å². The van der Waals surface area contributed by atoms with Crippen molar-refractivity contribution in [1.82, 2.24) is 10.3 Å². The molecule has 1 aromatic heterocycles. The Kier molecular flexibility index (Phi) is 5.99. The first-order valence-corrected chi connectivity index (χ1v) is 8.18. The lowest BCUT2D eigenvalue weighted by atomic mass is 10.1. The van der Waals surface area contributed by atoms with Gasteiger partial charge in [0.25, 0.3) is 5.91 Å². The van der Waals surface area contributed by atoms with Gasteiger partial charge in [0.2, 0.25) is 0 Å². The van der Waals surface area contributed by atoms with Crippen LogP contribution in [0.5, 0.6) is 0 Å². The fraction of sp³-hybridized carbons (Fsp3) is 0.600. The third-order valence-corrected chi connectivity index (χ3v) is 4.15. The van der Waals surface area contributed by atoms with Gasteiger partial charge in [0.05, 0.1) is 17.7 Å². The molecular formula is C15H22BrN3O2. The monoisotopic (exact) mass is 355 g/mol.